The number of aryl methyl sites for hydroxylation is 1. The highest BCUT2D eigenvalue weighted by Crippen LogP contribution is 2.22. The van der Waals surface area contributed by atoms with Gasteiger partial charge in [-0.15, -0.1) is 0 Å². The lowest BCUT2D eigenvalue weighted by molar-refractivity contribution is -0.135. The van der Waals surface area contributed by atoms with E-state index in [4.69, 9.17) is 5.73 Å². The minimum absolute atomic E-state index is 0.0130. The molecule has 0 bridgehead atoms. The third-order valence-corrected chi connectivity index (χ3v) is 2.12. The summed E-state index contributed by atoms with van der Waals surface area (Å²) in [6.45, 7) is 0.0509. The molecular formula is C9H12F3N3O2. The lowest BCUT2D eigenvalue weighted by Gasteiger charge is -2.07. The number of methoxy groups -OCH3 is 1. The number of nitrogens with zero attached hydrogens (tertiary/aromatic N) is 2. The average molecular weight is 251 g/mol. The Kier molecular flexibility index (Phi) is 3.97. The van der Waals surface area contributed by atoms with Gasteiger partial charge in [-0.1, -0.05) is 0 Å². The van der Waals surface area contributed by atoms with Crippen LogP contribution in [0.25, 0.3) is 0 Å². The van der Waals surface area contributed by atoms with Gasteiger partial charge in [0, 0.05) is 13.0 Å². The number of halogens is 3. The Labute approximate surface area is 95.4 Å². The van der Waals surface area contributed by atoms with Crippen molar-refractivity contribution >= 4 is 11.8 Å². The number of carbonyl (C=O) groups is 1. The topological polar surface area (TPSA) is 70.1 Å². The summed E-state index contributed by atoms with van der Waals surface area (Å²) in [5.41, 5.74) is 5.46. The molecule has 1 aromatic heterocycles. The van der Waals surface area contributed by atoms with Gasteiger partial charge < -0.3 is 15.0 Å². The fourth-order valence-electron chi connectivity index (χ4n) is 1.27. The summed E-state index contributed by atoms with van der Waals surface area (Å²) in [6, 6.07) is 0. The molecule has 0 amide bonds. The Bertz CT molecular complexity index is 401. The summed E-state index contributed by atoms with van der Waals surface area (Å²) in [5.74, 6) is -0.698. The maximum Gasteiger partial charge on any atom is 0.389 e. The first kappa shape index (κ1) is 13.3. The molecule has 0 saturated heterocycles. The van der Waals surface area contributed by atoms with Crippen molar-refractivity contribution < 1.29 is 22.7 Å². The molecular weight excluding hydrogens is 239 g/mol. The summed E-state index contributed by atoms with van der Waals surface area (Å²) in [5, 5.41) is 0. The SMILES string of the molecule is COC(=O)c1ncn(CCCC(F)(F)F)c1N. The number of hydrogen-bond donors (Lipinski definition) is 1. The van der Waals surface area contributed by atoms with Crippen molar-refractivity contribution in [1.82, 2.24) is 9.55 Å². The molecule has 0 aromatic carbocycles. The van der Waals surface area contributed by atoms with Crippen LogP contribution in [0.15, 0.2) is 6.33 Å². The molecule has 0 unspecified atom stereocenters. The first-order valence-electron chi connectivity index (χ1n) is 4.81. The largest absolute Gasteiger partial charge is 0.464 e. The zero-order valence-corrected chi connectivity index (χ0v) is 9.12. The number of hydrogen-bond acceptors (Lipinski definition) is 4. The molecule has 8 heteroatoms. The van der Waals surface area contributed by atoms with Gasteiger partial charge in [0.1, 0.15) is 5.82 Å². The van der Waals surface area contributed by atoms with Crippen LogP contribution in [-0.2, 0) is 11.3 Å². The third kappa shape index (κ3) is 3.65. The van der Waals surface area contributed by atoms with Crippen LogP contribution in [0.1, 0.15) is 23.3 Å². The molecule has 96 valence electrons. The van der Waals surface area contributed by atoms with E-state index in [2.05, 4.69) is 9.72 Å². The number of imidazole rings is 1. The van der Waals surface area contributed by atoms with Crippen LogP contribution in [-0.4, -0.2) is 28.8 Å². The molecule has 0 aliphatic rings. The molecule has 0 aliphatic heterocycles. The Hall–Kier alpha value is -1.73. The molecule has 5 nitrogen and oxygen atoms in total. The van der Waals surface area contributed by atoms with E-state index >= 15 is 0 Å². The molecule has 1 heterocycles. The van der Waals surface area contributed by atoms with Crippen LogP contribution in [0.2, 0.25) is 0 Å². The van der Waals surface area contributed by atoms with Gasteiger partial charge in [-0.2, -0.15) is 13.2 Å². The van der Waals surface area contributed by atoms with Crippen molar-refractivity contribution in [2.24, 2.45) is 0 Å². The first-order valence-corrected chi connectivity index (χ1v) is 4.81. The number of rotatable bonds is 4. The van der Waals surface area contributed by atoms with Crippen LogP contribution < -0.4 is 5.73 Å². The van der Waals surface area contributed by atoms with Crippen molar-refractivity contribution in [3.8, 4) is 0 Å². The van der Waals surface area contributed by atoms with E-state index < -0.39 is 18.6 Å². The van der Waals surface area contributed by atoms with Gasteiger partial charge in [0.15, 0.2) is 5.69 Å². The van der Waals surface area contributed by atoms with E-state index in [1.54, 1.807) is 0 Å². The lowest BCUT2D eigenvalue weighted by atomic mass is 10.3. The van der Waals surface area contributed by atoms with E-state index in [1.165, 1.54) is 18.0 Å². The third-order valence-electron chi connectivity index (χ3n) is 2.12. The van der Waals surface area contributed by atoms with Gasteiger partial charge in [0.05, 0.1) is 13.4 Å². The fraction of sp³-hybridized carbons (Fsp3) is 0.556. The van der Waals surface area contributed by atoms with Gasteiger partial charge >= 0.3 is 12.1 Å². The van der Waals surface area contributed by atoms with Crippen molar-refractivity contribution in [2.45, 2.75) is 25.6 Å². The van der Waals surface area contributed by atoms with Crippen LogP contribution in [0.5, 0.6) is 0 Å². The minimum Gasteiger partial charge on any atom is -0.464 e. The van der Waals surface area contributed by atoms with Crippen LogP contribution in [0, 0.1) is 0 Å². The molecule has 0 aliphatic carbocycles. The van der Waals surface area contributed by atoms with Crippen molar-refractivity contribution in [1.29, 1.82) is 0 Å². The Morgan fingerprint density at radius 3 is 2.76 bits per heavy atom. The number of ether oxygens (including phenoxy) is 1. The van der Waals surface area contributed by atoms with Gasteiger partial charge in [0.25, 0.3) is 0 Å². The van der Waals surface area contributed by atoms with Crippen molar-refractivity contribution in [3.63, 3.8) is 0 Å². The summed E-state index contributed by atoms with van der Waals surface area (Å²) in [7, 11) is 1.17. The second-order valence-corrected chi connectivity index (χ2v) is 3.38. The van der Waals surface area contributed by atoms with Gasteiger partial charge in [-0.3, -0.25) is 0 Å². The summed E-state index contributed by atoms with van der Waals surface area (Å²) in [4.78, 5) is 14.8. The second-order valence-electron chi connectivity index (χ2n) is 3.38. The lowest BCUT2D eigenvalue weighted by Crippen LogP contribution is -2.11. The number of aromatic nitrogens is 2. The molecule has 0 radical (unpaired) electrons. The van der Waals surface area contributed by atoms with Gasteiger partial charge in [0.2, 0.25) is 0 Å². The van der Waals surface area contributed by atoms with Crippen LogP contribution in [0.3, 0.4) is 0 Å². The molecule has 17 heavy (non-hydrogen) atoms. The number of anilines is 1. The maximum absolute atomic E-state index is 11.9. The predicted octanol–water partition coefficient (Wildman–Crippen LogP) is 1.59. The monoisotopic (exact) mass is 251 g/mol. The molecule has 1 rings (SSSR count). The Balaban J connectivity index is 2.62. The summed E-state index contributed by atoms with van der Waals surface area (Å²) < 4.78 is 41.5. The zero-order chi connectivity index (χ0) is 13.1. The fourth-order valence-corrected chi connectivity index (χ4v) is 1.27. The quantitative estimate of drug-likeness (QED) is 0.825. The number of alkyl halides is 3. The van der Waals surface area contributed by atoms with Gasteiger partial charge in [-0.05, 0) is 6.42 Å². The molecule has 0 saturated carbocycles. The van der Waals surface area contributed by atoms with Crippen molar-refractivity contribution in [2.75, 3.05) is 12.8 Å². The predicted molar refractivity (Wildman–Crippen MR) is 53.3 cm³/mol. The standard InChI is InChI=1S/C9H12F3N3O2/c1-17-8(16)6-7(13)15(5-14-6)4-2-3-9(10,11)12/h5H,2-4,13H2,1H3. The number of nitrogen functional groups attached to an aromatic ring is 1. The smallest absolute Gasteiger partial charge is 0.389 e. The number of carbonyl (C=O) groups excluding carboxylic acids is 1. The maximum atomic E-state index is 11.9. The highest BCUT2D eigenvalue weighted by atomic mass is 19.4. The summed E-state index contributed by atoms with van der Waals surface area (Å²) in [6.07, 6.45) is -4.00. The Morgan fingerprint density at radius 2 is 2.24 bits per heavy atom. The Morgan fingerprint density at radius 1 is 1.59 bits per heavy atom. The first-order chi connectivity index (χ1) is 7.85. The zero-order valence-electron chi connectivity index (χ0n) is 9.12. The van der Waals surface area contributed by atoms with E-state index in [9.17, 15) is 18.0 Å². The normalized spacial score (nSPS) is 11.5. The highest BCUT2D eigenvalue weighted by Gasteiger charge is 2.26. The van der Waals surface area contributed by atoms with E-state index in [0.717, 1.165) is 0 Å². The highest BCUT2D eigenvalue weighted by molar-refractivity contribution is 5.91. The average Bonchev–Trinajstić information content (AvgIpc) is 2.58. The molecule has 0 atom stereocenters. The van der Waals surface area contributed by atoms with Crippen LogP contribution in [0.4, 0.5) is 19.0 Å². The van der Waals surface area contributed by atoms with Gasteiger partial charge in [-0.25, -0.2) is 9.78 Å². The van der Waals surface area contributed by atoms with E-state index in [0.29, 0.717) is 0 Å². The summed E-state index contributed by atoms with van der Waals surface area (Å²) >= 11 is 0. The van der Waals surface area contributed by atoms with E-state index in [1.807, 2.05) is 0 Å². The molecule has 0 spiro atoms. The van der Waals surface area contributed by atoms with Crippen molar-refractivity contribution in [3.05, 3.63) is 12.0 Å². The molecule has 1 aromatic rings. The number of esters is 1. The molecule has 2 N–H and O–H groups in total. The minimum atomic E-state index is -4.19. The van der Waals surface area contributed by atoms with E-state index in [-0.39, 0.29) is 24.5 Å². The molecule has 0 fully saturated rings. The van der Waals surface area contributed by atoms with Crippen LogP contribution >= 0.6 is 0 Å². The second kappa shape index (κ2) is 5.07. The number of nitrogens with two attached hydrogens (primary N) is 1.